The topological polar surface area (TPSA) is 67.5 Å². The molecule has 0 bridgehead atoms. The summed E-state index contributed by atoms with van der Waals surface area (Å²) in [5.41, 5.74) is 7.01. The fraction of sp³-hybridized carbons (Fsp3) is 0.385. The largest absolute Gasteiger partial charge is 0.386 e. The standard InChI is InChI=1S/C13H18ClN3O/c1-2-3-4-13(18)17-11-7-5-10(6-8-11)16-12(15)9-14/h5-8H,2-4,9H2,1H3,(H2,15,16)(H,17,18). The number of anilines is 1. The molecule has 1 rings (SSSR count). The predicted molar refractivity (Wildman–Crippen MR) is 76.6 cm³/mol. The minimum atomic E-state index is 0.0355. The van der Waals surface area contributed by atoms with Gasteiger partial charge in [0.05, 0.1) is 11.6 Å². The lowest BCUT2D eigenvalue weighted by Gasteiger charge is -2.05. The van der Waals surface area contributed by atoms with Crippen LogP contribution in [0.3, 0.4) is 0 Å². The van der Waals surface area contributed by atoms with Crippen molar-refractivity contribution < 1.29 is 4.79 Å². The van der Waals surface area contributed by atoms with Gasteiger partial charge in [0.25, 0.3) is 0 Å². The molecule has 0 saturated heterocycles. The zero-order valence-electron chi connectivity index (χ0n) is 10.4. The van der Waals surface area contributed by atoms with Gasteiger partial charge in [0, 0.05) is 12.1 Å². The molecule has 0 aliphatic carbocycles. The number of nitrogens with two attached hydrogens (primary N) is 1. The summed E-state index contributed by atoms with van der Waals surface area (Å²) in [5.74, 6) is 0.611. The van der Waals surface area contributed by atoms with Gasteiger partial charge in [-0.15, -0.1) is 11.6 Å². The van der Waals surface area contributed by atoms with Gasteiger partial charge in [0.15, 0.2) is 0 Å². The molecule has 0 saturated carbocycles. The fourth-order valence-electron chi connectivity index (χ4n) is 1.38. The summed E-state index contributed by atoms with van der Waals surface area (Å²) in [6.45, 7) is 2.06. The summed E-state index contributed by atoms with van der Waals surface area (Å²) >= 11 is 5.54. The number of amidine groups is 1. The zero-order chi connectivity index (χ0) is 13.4. The van der Waals surface area contributed by atoms with Crippen LogP contribution < -0.4 is 11.1 Å². The Bertz CT molecular complexity index is 415. The lowest BCUT2D eigenvalue weighted by atomic mass is 10.2. The number of amides is 1. The summed E-state index contributed by atoms with van der Waals surface area (Å²) in [5, 5.41) is 2.83. The highest BCUT2D eigenvalue weighted by molar-refractivity contribution is 6.28. The van der Waals surface area contributed by atoms with Crippen LogP contribution in [0.1, 0.15) is 26.2 Å². The highest BCUT2D eigenvalue weighted by Gasteiger charge is 2.01. The molecule has 0 atom stereocenters. The number of rotatable bonds is 6. The summed E-state index contributed by atoms with van der Waals surface area (Å²) in [6, 6.07) is 7.16. The van der Waals surface area contributed by atoms with E-state index in [0.29, 0.717) is 12.3 Å². The van der Waals surface area contributed by atoms with Crippen molar-refractivity contribution in [3.8, 4) is 0 Å². The molecular formula is C13H18ClN3O. The van der Waals surface area contributed by atoms with Gasteiger partial charge in [-0.2, -0.15) is 0 Å². The maximum Gasteiger partial charge on any atom is 0.224 e. The van der Waals surface area contributed by atoms with Crippen molar-refractivity contribution in [3.63, 3.8) is 0 Å². The summed E-state index contributed by atoms with van der Waals surface area (Å²) in [6.07, 6.45) is 2.47. The monoisotopic (exact) mass is 267 g/mol. The second kappa shape index (κ2) is 7.71. The molecule has 98 valence electrons. The third-order valence-corrected chi connectivity index (χ3v) is 2.59. The average molecular weight is 268 g/mol. The Morgan fingerprint density at radius 2 is 2.06 bits per heavy atom. The van der Waals surface area contributed by atoms with E-state index in [4.69, 9.17) is 17.3 Å². The number of benzene rings is 1. The smallest absolute Gasteiger partial charge is 0.224 e. The third-order valence-electron chi connectivity index (χ3n) is 2.32. The van der Waals surface area contributed by atoms with Gasteiger partial charge in [-0.3, -0.25) is 4.79 Å². The number of alkyl halides is 1. The molecule has 0 unspecified atom stereocenters. The van der Waals surface area contributed by atoms with Crippen molar-refractivity contribution in [1.29, 1.82) is 0 Å². The van der Waals surface area contributed by atoms with Crippen molar-refractivity contribution in [2.75, 3.05) is 11.2 Å². The number of nitrogens with one attached hydrogen (secondary N) is 1. The van der Waals surface area contributed by atoms with Crippen LogP contribution in [0, 0.1) is 0 Å². The highest BCUT2D eigenvalue weighted by atomic mass is 35.5. The first kappa shape index (κ1) is 14.5. The van der Waals surface area contributed by atoms with Crippen LogP contribution in [0.2, 0.25) is 0 Å². The predicted octanol–water partition coefficient (Wildman–Crippen LogP) is 3.04. The number of carbonyl (C=O) groups excluding carboxylic acids is 1. The Morgan fingerprint density at radius 1 is 1.39 bits per heavy atom. The minimum Gasteiger partial charge on any atom is -0.386 e. The Kier molecular flexibility index (Phi) is 6.22. The van der Waals surface area contributed by atoms with E-state index in [1.807, 2.05) is 0 Å². The second-order valence-corrected chi connectivity index (χ2v) is 4.20. The molecule has 0 aliphatic heterocycles. The van der Waals surface area contributed by atoms with Crippen LogP contribution in [-0.4, -0.2) is 17.6 Å². The number of unbranched alkanes of at least 4 members (excludes halogenated alkanes) is 1. The Hall–Kier alpha value is -1.55. The number of halogens is 1. The normalized spacial score (nSPS) is 11.3. The number of nitrogens with zero attached hydrogens (tertiary/aromatic N) is 1. The number of hydrogen-bond acceptors (Lipinski definition) is 2. The van der Waals surface area contributed by atoms with E-state index in [1.165, 1.54) is 0 Å². The number of aliphatic imine (C=N–C) groups is 1. The van der Waals surface area contributed by atoms with Gasteiger partial charge in [-0.25, -0.2) is 4.99 Å². The first-order valence-corrected chi connectivity index (χ1v) is 6.48. The lowest BCUT2D eigenvalue weighted by Crippen LogP contribution is -2.12. The van der Waals surface area contributed by atoms with Gasteiger partial charge in [0.1, 0.15) is 5.84 Å². The molecule has 4 nitrogen and oxygen atoms in total. The molecule has 18 heavy (non-hydrogen) atoms. The van der Waals surface area contributed by atoms with Crippen LogP contribution in [0.25, 0.3) is 0 Å². The van der Waals surface area contributed by atoms with Crippen molar-refractivity contribution in [2.24, 2.45) is 10.7 Å². The van der Waals surface area contributed by atoms with Gasteiger partial charge < -0.3 is 11.1 Å². The molecule has 0 spiro atoms. The number of carbonyl (C=O) groups is 1. The van der Waals surface area contributed by atoms with Crippen LogP contribution in [-0.2, 0) is 4.79 Å². The molecule has 0 heterocycles. The summed E-state index contributed by atoms with van der Waals surface area (Å²) in [4.78, 5) is 15.6. The van der Waals surface area contributed by atoms with E-state index < -0.39 is 0 Å². The molecular weight excluding hydrogens is 250 g/mol. The van der Waals surface area contributed by atoms with E-state index in [9.17, 15) is 4.79 Å². The van der Waals surface area contributed by atoms with Crippen LogP contribution >= 0.6 is 11.6 Å². The van der Waals surface area contributed by atoms with Gasteiger partial charge in [-0.1, -0.05) is 13.3 Å². The van der Waals surface area contributed by atoms with Crippen LogP contribution in [0.15, 0.2) is 29.3 Å². The van der Waals surface area contributed by atoms with Crippen molar-refractivity contribution in [2.45, 2.75) is 26.2 Å². The van der Waals surface area contributed by atoms with E-state index in [2.05, 4.69) is 17.2 Å². The highest BCUT2D eigenvalue weighted by Crippen LogP contribution is 2.16. The van der Waals surface area contributed by atoms with E-state index in [0.717, 1.165) is 24.2 Å². The Balaban J connectivity index is 2.58. The van der Waals surface area contributed by atoms with Gasteiger partial charge in [0.2, 0.25) is 5.91 Å². The van der Waals surface area contributed by atoms with Crippen molar-refractivity contribution in [3.05, 3.63) is 24.3 Å². The van der Waals surface area contributed by atoms with Crippen molar-refractivity contribution in [1.82, 2.24) is 0 Å². The maximum absolute atomic E-state index is 11.5. The first-order chi connectivity index (χ1) is 8.65. The molecule has 0 radical (unpaired) electrons. The Morgan fingerprint density at radius 3 is 2.61 bits per heavy atom. The van der Waals surface area contributed by atoms with Gasteiger partial charge in [-0.05, 0) is 30.7 Å². The molecule has 0 aromatic heterocycles. The van der Waals surface area contributed by atoms with E-state index >= 15 is 0 Å². The zero-order valence-corrected chi connectivity index (χ0v) is 11.2. The molecule has 1 aromatic rings. The lowest BCUT2D eigenvalue weighted by molar-refractivity contribution is -0.116. The average Bonchev–Trinajstić information content (AvgIpc) is 2.38. The van der Waals surface area contributed by atoms with Crippen LogP contribution in [0.4, 0.5) is 11.4 Å². The van der Waals surface area contributed by atoms with E-state index in [1.54, 1.807) is 24.3 Å². The number of hydrogen-bond donors (Lipinski definition) is 2. The summed E-state index contributed by atoms with van der Waals surface area (Å²) < 4.78 is 0. The van der Waals surface area contributed by atoms with Gasteiger partial charge >= 0.3 is 0 Å². The fourth-order valence-corrected chi connectivity index (χ4v) is 1.44. The molecule has 3 N–H and O–H groups in total. The van der Waals surface area contributed by atoms with Crippen LogP contribution in [0.5, 0.6) is 0 Å². The van der Waals surface area contributed by atoms with Crippen molar-refractivity contribution >= 4 is 34.7 Å². The third kappa shape index (κ3) is 5.19. The molecule has 0 aliphatic rings. The molecule has 5 heteroatoms. The minimum absolute atomic E-state index is 0.0355. The summed E-state index contributed by atoms with van der Waals surface area (Å²) in [7, 11) is 0. The molecule has 1 aromatic carbocycles. The SMILES string of the molecule is CCCCC(=O)Nc1ccc(N=C(N)CCl)cc1. The first-order valence-electron chi connectivity index (χ1n) is 5.94. The Labute approximate surface area is 112 Å². The maximum atomic E-state index is 11.5. The molecule has 1 amide bonds. The quantitative estimate of drug-likeness (QED) is 0.473. The second-order valence-electron chi connectivity index (χ2n) is 3.94. The molecule has 0 fully saturated rings. The van der Waals surface area contributed by atoms with E-state index in [-0.39, 0.29) is 11.8 Å².